The van der Waals surface area contributed by atoms with E-state index in [1.165, 1.54) is 17.0 Å². The van der Waals surface area contributed by atoms with Crippen LogP contribution in [0, 0.1) is 5.92 Å². The lowest BCUT2D eigenvalue weighted by atomic mass is 9.93. The molecule has 0 aliphatic carbocycles. The number of hydrogen-bond acceptors (Lipinski definition) is 4. The van der Waals surface area contributed by atoms with Gasteiger partial charge in [-0.1, -0.05) is 50.1 Å². The van der Waals surface area contributed by atoms with E-state index in [9.17, 15) is 18.0 Å². The Balaban J connectivity index is 2.08. The minimum Gasteiger partial charge on any atom is -0.322 e. The van der Waals surface area contributed by atoms with E-state index in [2.05, 4.69) is 5.32 Å². The molecule has 29 heavy (non-hydrogen) atoms. The maximum Gasteiger partial charge on any atom is 0.247 e. The highest BCUT2D eigenvalue weighted by Gasteiger charge is 2.39. The standard InChI is InChI=1S/C21H23ClN2O4S/c1-4-13(2)20-21(26)23-17-12-15(29(3,27)28)9-10-18(17)24(20)19(25)11-14-7-5-6-8-16(14)22/h5-10,12-13,20H,4,11H2,1-3H3,(H,23,26)/t13-,20?/m1/s1. The van der Waals surface area contributed by atoms with Gasteiger partial charge in [0.15, 0.2) is 9.84 Å². The molecule has 0 aromatic heterocycles. The van der Waals surface area contributed by atoms with Crippen molar-refractivity contribution in [3.05, 3.63) is 53.1 Å². The third kappa shape index (κ3) is 4.31. The molecule has 0 radical (unpaired) electrons. The molecule has 0 saturated heterocycles. The zero-order valence-corrected chi connectivity index (χ0v) is 18.0. The Morgan fingerprint density at radius 3 is 2.55 bits per heavy atom. The number of carbonyl (C=O) groups excluding carboxylic acids is 2. The highest BCUT2D eigenvalue weighted by atomic mass is 35.5. The van der Waals surface area contributed by atoms with Gasteiger partial charge in [0.2, 0.25) is 11.8 Å². The van der Waals surface area contributed by atoms with Crippen molar-refractivity contribution < 1.29 is 18.0 Å². The molecule has 2 aromatic rings. The molecule has 3 rings (SSSR count). The van der Waals surface area contributed by atoms with Crippen LogP contribution in [-0.4, -0.2) is 32.5 Å². The van der Waals surface area contributed by atoms with Gasteiger partial charge in [0.05, 0.1) is 22.7 Å². The molecule has 1 heterocycles. The van der Waals surface area contributed by atoms with E-state index in [4.69, 9.17) is 11.6 Å². The number of fused-ring (bicyclic) bond motifs is 1. The quantitative estimate of drug-likeness (QED) is 0.777. The van der Waals surface area contributed by atoms with Crippen molar-refractivity contribution in [2.75, 3.05) is 16.5 Å². The molecule has 6 nitrogen and oxygen atoms in total. The van der Waals surface area contributed by atoms with Crippen LogP contribution in [-0.2, 0) is 25.8 Å². The van der Waals surface area contributed by atoms with Gasteiger partial charge in [-0.3, -0.25) is 14.5 Å². The molecule has 8 heteroatoms. The van der Waals surface area contributed by atoms with Gasteiger partial charge in [0.1, 0.15) is 6.04 Å². The Morgan fingerprint density at radius 1 is 1.24 bits per heavy atom. The molecule has 1 N–H and O–H groups in total. The van der Waals surface area contributed by atoms with Crippen molar-refractivity contribution in [2.45, 2.75) is 37.6 Å². The molecule has 0 spiro atoms. The average molecular weight is 435 g/mol. The fourth-order valence-corrected chi connectivity index (χ4v) is 4.29. The number of benzene rings is 2. The fraction of sp³-hybridized carbons (Fsp3) is 0.333. The summed E-state index contributed by atoms with van der Waals surface area (Å²) in [5.41, 5.74) is 1.46. The third-order valence-corrected chi connectivity index (χ3v) is 6.69. The fourth-order valence-electron chi connectivity index (χ4n) is 3.45. The summed E-state index contributed by atoms with van der Waals surface area (Å²) in [5, 5.41) is 3.26. The Labute approximate surface area is 175 Å². The van der Waals surface area contributed by atoms with Gasteiger partial charge in [0, 0.05) is 11.3 Å². The molecule has 0 saturated carbocycles. The number of halogens is 1. The van der Waals surface area contributed by atoms with Crippen LogP contribution in [0.25, 0.3) is 0 Å². The van der Waals surface area contributed by atoms with Crippen molar-refractivity contribution in [3.8, 4) is 0 Å². The van der Waals surface area contributed by atoms with Crippen LogP contribution >= 0.6 is 11.6 Å². The third-order valence-electron chi connectivity index (χ3n) is 5.21. The smallest absolute Gasteiger partial charge is 0.247 e. The minimum absolute atomic E-state index is 0.0349. The zero-order chi connectivity index (χ0) is 21.3. The summed E-state index contributed by atoms with van der Waals surface area (Å²) in [4.78, 5) is 27.7. The summed E-state index contributed by atoms with van der Waals surface area (Å²) in [5.74, 6) is -0.690. The number of rotatable bonds is 5. The lowest BCUT2D eigenvalue weighted by molar-refractivity contribution is -0.124. The molecule has 2 amide bonds. The molecule has 1 aliphatic rings. The summed E-state index contributed by atoms with van der Waals surface area (Å²) in [6.45, 7) is 3.87. The lowest BCUT2D eigenvalue weighted by Gasteiger charge is -2.39. The number of nitrogens with zero attached hydrogens (tertiary/aromatic N) is 1. The first-order valence-electron chi connectivity index (χ1n) is 9.34. The molecule has 2 aromatic carbocycles. The summed E-state index contributed by atoms with van der Waals surface area (Å²) in [7, 11) is -3.45. The average Bonchev–Trinajstić information content (AvgIpc) is 2.66. The van der Waals surface area contributed by atoms with Crippen molar-refractivity contribution in [1.82, 2.24) is 0 Å². The summed E-state index contributed by atoms with van der Waals surface area (Å²) in [6, 6.07) is 10.8. The minimum atomic E-state index is -3.45. The molecule has 2 atom stereocenters. The molecule has 0 fully saturated rings. The van der Waals surface area contributed by atoms with Crippen molar-refractivity contribution in [3.63, 3.8) is 0 Å². The molecule has 1 aliphatic heterocycles. The second-order valence-corrected chi connectivity index (χ2v) is 9.73. The Morgan fingerprint density at radius 2 is 1.93 bits per heavy atom. The first kappa shape index (κ1) is 21.3. The first-order valence-corrected chi connectivity index (χ1v) is 11.6. The maximum atomic E-state index is 13.3. The number of nitrogens with one attached hydrogen (secondary N) is 1. The van der Waals surface area contributed by atoms with Gasteiger partial charge < -0.3 is 5.32 Å². The van der Waals surface area contributed by atoms with Gasteiger partial charge in [0.25, 0.3) is 0 Å². The van der Waals surface area contributed by atoms with Gasteiger partial charge in [-0.2, -0.15) is 0 Å². The van der Waals surface area contributed by atoms with E-state index in [0.717, 1.165) is 6.26 Å². The molecule has 154 valence electrons. The zero-order valence-electron chi connectivity index (χ0n) is 16.5. The summed E-state index contributed by atoms with van der Waals surface area (Å²) < 4.78 is 23.8. The highest BCUT2D eigenvalue weighted by Crippen LogP contribution is 2.37. The van der Waals surface area contributed by atoms with E-state index >= 15 is 0 Å². The number of amides is 2. The predicted molar refractivity (Wildman–Crippen MR) is 114 cm³/mol. The second-order valence-electron chi connectivity index (χ2n) is 7.30. The van der Waals surface area contributed by atoms with E-state index in [-0.39, 0.29) is 29.0 Å². The first-order chi connectivity index (χ1) is 13.6. The van der Waals surface area contributed by atoms with Gasteiger partial charge in [-0.05, 0) is 35.7 Å². The second kappa shape index (κ2) is 8.16. The number of carbonyl (C=O) groups is 2. The Kier molecular flexibility index (Phi) is 6.00. The maximum absolute atomic E-state index is 13.3. The number of anilines is 2. The van der Waals surface area contributed by atoms with Crippen LogP contribution in [0.5, 0.6) is 0 Å². The van der Waals surface area contributed by atoms with Crippen LogP contribution in [0.1, 0.15) is 25.8 Å². The molecule has 1 unspecified atom stereocenters. The SMILES string of the molecule is CC[C@@H](C)C1C(=O)Nc2cc(S(C)(=O)=O)ccc2N1C(=O)Cc1ccccc1Cl. The van der Waals surface area contributed by atoms with Gasteiger partial charge in [-0.15, -0.1) is 0 Å². The van der Waals surface area contributed by atoms with Crippen molar-refractivity contribution in [2.24, 2.45) is 5.92 Å². The largest absolute Gasteiger partial charge is 0.322 e. The van der Waals surface area contributed by atoms with E-state index < -0.39 is 15.9 Å². The molecular formula is C21H23ClN2O4S. The van der Waals surface area contributed by atoms with E-state index in [0.29, 0.717) is 28.4 Å². The highest BCUT2D eigenvalue weighted by molar-refractivity contribution is 7.90. The van der Waals surface area contributed by atoms with E-state index in [1.54, 1.807) is 30.3 Å². The summed E-state index contributed by atoms with van der Waals surface area (Å²) in [6.07, 6.45) is 1.83. The normalized spacial score (nSPS) is 17.4. The van der Waals surface area contributed by atoms with Crippen molar-refractivity contribution >= 4 is 44.6 Å². The van der Waals surface area contributed by atoms with Crippen LogP contribution in [0.2, 0.25) is 5.02 Å². The van der Waals surface area contributed by atoms with Gasteiger partial charge in [-0.25, -0.2) is 8.42 Å². The van der Waals surface area contributed by atoms with Crippen LogP contribution in [0.3, 0.4) is 0 Å². The monoisotopic (exact) mass is 434 g/mol. The lowest BCUT2D eigenvalue weighted by Crippen LogP contribution is -2.54. The van der Waals surface area contributed by atoms with Crippen molar-refractivity contribution in [1.29, 1.82) is 0 Å². The Bertz CT molecular complexity index is 1070. The van der Waals surface area contributed by atoms with Crippen LogP contribution in [0.4, 0.5) is 11.4 Å². The van der Waals surface area contributed by atoms with E-state index in [1.807, 2.05) is 13.8 Å². The molecule has 0 bridgehead atoms. The predicted octanol–water partition coefficient (Wildman–Crippen LogP) is 3.69. The van der Waals surface area contributed by atoms with Gasteiger partial charge >= 0.3 is 0 Å². The molecular weight excluding hydrogens is 412 g/mol. The number of hydrogen-bond donors (Lipinski definition) is 1. The topological polar surface area (TPSA) is 83.6 Å². The Hall–Kier alpha value is -2.38. The number of sulfone groups is 1. The van der Waals surface area contributed by atoms with Crippen LogP contribution < -0.4 is 10.2 Å². The van der Waals surface area contributed by atoms with Crippen LogP contribution in [0.15, 0.2) is 47.4 Å². The summed E-state index contributed by atoms with van der Waals surface area (Å²) >= 11 is 6.22.